The van der Waals surface area contributed by atoms with E-state index in [0.29, 0.717) is 4.99 Å². The number of ether oxygens (including phenoxy) is 1. The number of hydrogen-bond donors (Lipinski definition) is 2. The molecule has 0 spiro atoms. The van der Waals surface area contributed by atoms with Gasteiger partial charge in [-0.2, -0.15) is 0 Å². The second-order valence-corrected chi connectivity index (χ2v) is 6.40. The van der Waals surface area contributed by atoms with E-state index in [0.717, 1.165) is 34.3 Å². The molecule has 0 aliphatic carbocycles. The fourth-order valence-corrected chi connectivity index (χ4v) is 3.08. The minimum absolute atomic E-state index is 0.370. The number of hydrogen-bond acceptors (Lipinski definition) is 4. The highest BCUT2D eigenvalue weighted by molar-refractivity contribution is 7.80. The molecular weight excluding hydrogens is 312 g/mol. The van der Waals surface area contributed by atoms with Gasteiger partial charge in [0.15, 0.2) is 0 Å². The predicted octanol–water partition coefficient (Wildman–Crippen LogP) is 3.70. The summed E-state index contributed by atoms with van der Waals surface area (Å²) in [5, 5.41) is 3.34. The molecule has 2 rings (SSSR count). The summed E-state index contributed by atoms with van der Waals surface area (Å²) in [6.45, 7) is 0.777. The van der Waals surface area contributed by atoms with Crippen LogP contribution < -0.4 is 15.8 Å². The summed E-state index contributed by atoms with van der Waals surface area (Å²) in [4.78, 5) is 1.61. The van der Waals surface area contributed by atoms with Crippen LogP contribution in [-0.2, 0) is 6.42 Å². The monoisotopic (exact) mass is 326 g/mol. The van der Waals surface area contributed by atoms with Crippen LogP contribution in [0.3, 0.4) is 0 Å². The van der Waals surface area contributed by atoms with Crippen LogP contribution in [-0.4, -0.2) is 18.6 Å². The Morgan fingerprint density at radius 3 is 2.80 bits per heavy atom. The molecule has 0 bridgehead atoms. The summed E-state index contributed by atoms with van der Waals surface area (Å²) in [7, 11) is 1.63. The summed E-state index contributed by atoms with van der Waals surface area (Å²) in [6.07, 6.45) is 0.894. The van der Waals surface area contributed by atoms with Gasteiger partial charge in [0.05, 0.1) is 11.4 Å². The van der Waals surface area contributed by atoms with Crippen LogP contribution in [0.1, 0.15) is 10.4 Å². The van der Waals surface area contributed by atoms with Crippen LogP contribution in [0.5, 0.6) is 5.75 Å². The zero-order chi connectivity index (χ0) is 14.5. The van der Waals surface area contributed by atoms with Crippen molar-refractivity contribution in [1.29, 1.82) is 0 Å². The molecule has 0 aliphatic rings. The fraction of sp³-hybridized carbons (Fsp3) is 0.214. The Labute approximate surface area is 132 Å². The molecule has 0 saturated heterocycles. The van der Waals surface area contributed by atoms with E-state index in [2.05, 4.69) is 5.32 Å². The van der Waals surface area contributed by atoms with Crippen LogP contribution in [0.2, 0.25) is 4.34 Å². The molecule has 3 nitrogen and oxygen atoms in total. The van der Waals surface area contributed by atoms with Gasteiger partial charge in [-0.05, 0) is 30.7 Å². The summed E-state index contributed by atoms with van der Waals surface area (Å²) >= 11 is 12.6. The standard InChI is InChI=1S/C14H15ClN2OS2/c1-18-9-2-4-11(14(16)19)12(8-9)17-7-6-10-3-5-13(15)20-10/h2-5,8,17H,6-7H2,1H3,(H2,16,19). The van der Waals surface area contributed by atoms with Crippen molar-refractivity contribution in [3.8, 4) is 5.75 Å². The first-order valence-electron chi connectivity index (χ1n) is 6.06. The summed E-state index contributed by atoms with van der Waals surface area (Å²) < 4.78 is 6.03. The highest BCUT2D eigenvalue weighted by atomic mass is 35.5. The van der Waals surface area contributed by atoms with E-state index in [-0.39, 0.29) is 0 Å². The molecule has 2 aromatic rings. The maximum atomic E-state index is 5.91. The fourth-order valence-electron chi connectivity index (χ4n) is 1.82. The summed E-state index contributed by atoms with van der Waals surface area (Å²) in [5.74, 6) is 0.770. The molecule has 1 aromatic heterocycles. The third kappa shape index (κ3) is 3.85. The highest BCUT2D eigenvalue weighted by Crippen LogP contribution is 2.24. The van der Waals surface area contributed by atoms with E-state index in [9.17, 15) is 0 Å². The van der Waals surface area contributed by atoms with Crippen molar-refractivity contribution < 1.29 is 4.74 Å². The van der Waals surface area contributed by atoms with Gasteiger partial charge in [0.1, 0.15) is 10.7 Å². The van der Waals surface area contributed by atoms with Crippen LogP contribution >= 0.6 is 35.2 Å². The predicted molar refractivity (Wildman–Crippen MR) is 90.4 cm³/mol. The number of anilines is 1. The Bertz CT molecular complexity index is 613. The normalized spacial score (nSPS) is 10.3. The van der Waals surface area contributed by atoms with E-state index in [4.69, 9.17) is 34.3 Å². The number of rotatable bonds is 6. The average Bonchev–Trinajstić information content (AvgIpc) is 2.84. The van der Waals surface area contributed by atoms with Crippen molar-refractivity contribution in [2.24, 2.45) is 5.73 Å². The molecule has 1 aromatic carbocycles. The average molecular weight is 327 g/mol. The molecule has 0 aliphatic heterocycles. The number of nitrogens with one attached hydrogen (secondary N) is 1. The molecule has 0 fully saturated rings. The van der Waals surface area contributed by atoms with Crippen molar-refractivity contribution in [3.05, 3.63) is 45.1 Å². The first-order valence-corrected chi connectivity index (χ1v) is 7.66. The van der Waals surface area contributed by atoms with Crippen LogP contribution in [0, 0.1) is 0 Å². The van der Waals surface area contributed by atoms with Crippen molar-refractivity contribution in [2.45, 2.75) is 6.42 Å². The number of thiophene rings is 1. The number of benzene rings is 1. The molecule has 6 heteroatoms. The summed E-state index contributed by atoms with van der Waals surface area (Å²) in [6, 6.07) is 9.56. The second-order valence-electron chi connectivity index (χ2n) is 4.16. The Morgan fingerprint density at radius 2 is 2.20 bits per heavy atom. The smallest absolute Gasteiger partial charge is 0.120 e. The minimum Gasteiger partial charge on any atom is -0.497 e. The van der Waals surface area contributed by atoms with Gasteiger partial charge in [-0.3, -0.25) is 0 Å². The van der Waals surface area contributed by atoms with Gasteiger partial charge >= 0.3 is 0 Å². The van der Waals surface area contributed by atoms with Gasteiger partial charge < -0.3 is 15.8 Å². The molecule has 106 valence electrons. The minimum atomic E-state index is 0.370. The number of halogens is 1. The Hall–Kier alpha value is -1.30. The van der Waals surface area contributed by atoms with Crippen molar-refractivity contribution in [3.63, 3.8) is 0 Å². The van der Waals surface area contributed by atoms with Crippen molar-refractivity contribution in [1.82, 2.24) is 0 Å². The zero-order valence-electron chi connectivity index (χ0n) is 11.0. The molecule has 0 atom stereocenters. The molecule has 0 amide bonds. The maximum Gasteiger partial charge on any atom is 0.120 e. The van der Waals surface area contributed by atoms with E-state index in [1.54, 1.807) is 18.4 Å². The lowest BCUT2D eigenvalue weighted by atomic mass is 10.1. The Balaban J connectivity index is 2.05. The van der Waals surface area contributed by atoms with E-state index in [1.165, 1.54) is 4.88 Å². The van der Waals surface area contributed by atoms with Crippen LogP contribution in [0.25, 0.3) is 0 Å². The number of thiocarbonyl (C=S) groups is 1. The number of nitrogens with two attached hydrogens (primary N) is 1. The molecule has 0 unspecified atom stereocenters. The lowest BCUT2D eigenvalue weighted by Crippen LogP contribution is -2.14. The van der Waals surface area contributed by atoms with Crippen molar-refractivity contribution in [2.75, 3.05) is 19.0 Å². The van der Waals surface area contributed by atoms with E-state index >= 15 is 0 Å². The van der Waals surface area contributed by atoms with E-state index < -0.39 is 0 Å². The molecule has 3 N–H and O–H groups in total. The van der Waals surface area contributed by atoms with Crippen LogP contribution in [0.4, 0.5) is 5.69 Å². The third-order valence-corrected chi connectivity index (χ3v) is 4.32. The quantitative estimate of drug-likeness (QED) is 0.795. The molecule has 0 radical (unpaired) electrons. The SMILES string of the molecule is COc1ccc(C(N)=S)c(NCCc2ccc(Cl)s2)c1. The van der Waals surface area contributed by atoms with Gasteiger partial charge in [-0.25, -0.2) is 0 Å². The third-order valence-electron chi connectivity index (χ3n) is 2.81. The highest BCUT2D eigenvalue weighted by Gasteiger charge is 2.07. The van der Waals surface area contributed by atoms with Crippen molar-refractivity contribution >= 4 is 45.8 Å². The van der Waals surface area contributed by atoms with Gasteiger partial charge in [-0.15, -0.1) is 11.3 Å². The lowest BCUT2D eigenvalue weighted by molar-refractivity contribution is 0.415. The molecule has 0 saturated carbocycles. The zero-order valence-corrected chi connectivity index (χ0v) is 13.4. The van der Waals surface area contributed by atoms with Gasteiger partial charge in [0.2, 0.25) is 0 Å². The maximum absolute atomic E-state index is 5.91. The second kappa shape index (κ2) is 6.92. The Morgan fingerprint density at radius 1 is 1.40 bits per heavy atom. The van der Waals surface area contributed by atoms with Crippen LogP contribution in [0.15, 0.2) is 30.3 Å². The molecule has 20 heavy (non-hydrogen) atoms. The lowest BCUT2D eigenvalue weighted by Gasteiger charge is -2.12. The molecule has 1 heterocycles. The number of methoxy groups -OCH3 is 1. The first-order chi connectivity index (χ1) is 9.60. The van der Waals surface area contributed by atoms with Gasteiger partial charge in [0, 0.05) is 28.7 Å². The Kier molecular flexibility index (Phi) is 5.23. The topological polar surface area (TPSA) is 47.3 Å². The van der Waals surface area contributed by atoms with Gasteiger partial charge in [0.25, 0.3) is 0 Å². The largest absolute Gasteiger partial charge is 0.497 e. The molecular formula is C14H15ClN2OS2. The summed E-state index contributed by atoms with van der Waals surface area (Å²) in [5.41, 5.74) is 7.44. The first kappa shape index (κ1) is 15.1. The van der Waals surface area contributed by atoms with Gasteiger partial charge in [-0.1, -0.05) is 23.8 Å². The van der Waals surface area contributed by atoms with E-state index in [1.807, 2.05) is 30.3 Å².